The smallest absolute Gasteiger partial charge is 0.253 e. The number of nitrogens with two attached hydrogens (primary N) is 1. The third kappa shape index (κ3) is 3.71. The van der Waals surface area contributed by atoms with Crippen LogP contribution in [0.5, 0.6) is 0 Å². The van der Waals surface area contributed by atoms with Crippen LogP contribution in [-0.2, 0) is 6.42 Å². The van der Waals surface area contributed by atoms with E-state index < -0.39 is 0 Å². The lowest BCUT2D eigenvalue weighted by molar-refractivity contribution is 0.0940. The zero-order valence-corrected chi connectivity index (χ0v) is 12.9. The van der Waals surface area contributed by atoms with Gasteiger partial charge in [-0.3, -0.25) is 4.79 Å². The van der Waals surface area contributed by atoms with Gasteiger partial charge in [0.05, 0.1) is 10.6 Å². The van der Waals surface area contributed by atoms with E-state index in [-0.39, 0.29) is 17.8 Å². The molecule has 2 heterocycles. The first-order chi connectivity index (χ1) is 9.45. The Morgan fingerprint density at radius 3 is 2.95 bits per heavy atom. The second-order valence-corrected chi connectivity index (χ2v) is 6.46. The molecule has 1 atom stereocenters. The van der Waals surface area contributed by atoms with Crippen molar-refractivity contribution in [3.8, 4) is 0 Å². The van der Waals surface area contributed by atoms with Crippen LogP contribution in [0.2, 0.25) is 5.02 Å². The van der Waals surface area contributed by atoms with E-state index in [1.165, 1.54) is 22.0 Å². The third-order valence-corrected chi connectivity index (χ3v) is 4.13. The fourth-order valence-electron chi connectivity index (χ4n) is 1.88. The zero-order valence-electron chi connectivity index (χ0n) is 11.3. The fourth-order valence-corrected chi connectivity index (χ4v) is 3.09. The Kier molecular flexibility index (Phi) is 4.62. The van der Waals surface area contributed by atoms with Gasteiger partial charge in [0.2, 0.25) is 0 Å². The van der Waals surface area contributed by atoms with Crippen molar-refractivity contribution < 1.29 is 4.79 Å². The lowest BCUT2D eigenvalue weighted by Crippen LogP contribution is -2.34. The molecule has 0 bridgehead atoms. The van der Waals surface area contributed by atoms with E-state index in [0.717, 1.165) is 6.42 Å². The van der Waals surface area contributed by atoms with Crippen LogP contribution >= 0.6 is 22.9 Å². The number of carbonyl (C=O) groups excluding carboxylic acids is 1. The summed E-state index contributed by atoms with van der Waals surface area (Å²) in [7, 11) is 0. The van der Waals surface area contributed by atoms with E-state index in [0.29, 0.717) is 10.6 Å². The van der Waals surface area contributed by atoms with Gasteiger partial charge in [-0.05, 0) is 32.0 Å². The SMILES string of the molecule is Cc1ccc(CC(C)NC(=O)c2cc(N)ncc2Cl)s1. The molecule has 4 nitrogen and oxygen atoms in total. The molecule has 0 aliphatic heterocycles. The van der Waals surface area contributed by atoms with Crippen LogP contribution in [0.4, 0.5) is 5.82 Å². The topological polar surface area (TPSA) is 68.0 Å². The summed E-state index contributed by atoms with van der Waals surface area (Å²) in [5.74, 6) is 0.0472. The minimum atomic E-state index is -0.232. The van der Waals surface area contributed by atoms with Crippen molar-refractivity contribution >= 4 is 34.7 Å². The highest BCUT2D eigenvalue weighted by Gasteiger charge is 2.14. The number of hydrogen-bond donors (Lipinski definition) is 2. The molecule has 2 rings (SSSR count). The Balaban J connectivity index is 2.02. The highest BCUT2D eigenvalue weighted by atomic mass is 35.5. The van der Waals surface area contributed by atoms with E-state index in [4.69, 9.17) is 17.3 Å². The number of aromatic nitrogens is 1. The van der Waals surface area contributed by atoms with Crippen molar-refractivity contribution in [1.82, 2.24) is 10.3 Å². The maximum absolute atomic E-state index is 12.1. The summed E-state index contributed by atoms with van der Waals surface area (Å²) in [5.41, 5.74) is 5.93. The summed E-state index contributed by atoms with van der Waals surface area (Å²) < 4.78 is 0. The molecule has 0 aromatic carbocycles. The van der Waals surface area contributed by atoms with Gasteiger partial charge < -0.3 is 11.1 Å². The van der Waals surface area contributed by atoms with Gasteiger partial charge in [-0.2, -0.15) is 0 Å². The van der Waals surface area contributed by atoms with E-state index in [1.807, 2.05) is 6.92 Å². The molecular weight excluding hydrogens is 294 g/mol. The summed E-state index contributed by atoms with van der Waals surface area (Å²) in [5, 5.41) is 3.22. The molecule has 6 heteroatoms. The Labute approximate surface area is 127 Å². The van der Waals surface area contributed by atoms with Gasteiger partial charge in [-0.25, -0.2) is 4.98 Å². The lowest BCUT2D eigenvalue weighted by Gasteiger charge is -2.13. The Morgan fingerprint density at radius 2 is 2.30 bits per heavy atom. The number of aryl methyl sites for hydroxylation is 1. The van der Waals surface area contributed by atoms with Crippen molar-refractivity contribution in [1.29, 1.82) is 0 Å². The number of amides is 1. The molecule has 2 aromatic heterocycles. The van der Waals surface area contributed by atoms with Crippen molar-refractivity contribution in [2.75, 3.05) is 5.73 Å². The normalized spacial score (nSPS) is 12.2. The Hall–Kier alpha value is -1.59. The summed E-state index contributed by atoms with van der Waals surface area (Å²) in [6.07, 6.45) is 2.18. The number of halogens is 1. The first-order valence-electron chi connectivity index (χ1n) is 6.23. The van der Waals surface area contributed by atoms with Crippen LogP contribution < -0.4 is 11.1 Å². The largest absolute Gasteiger partial charge is 0.384 e. The zero-order chi connectivity index (χ0) is 14.7. The average molecular weight is 310 g/mol. The molecule has 1 amide bonds. The predicted octanol–water partition coefficient (Wildman–Crippen LogP) is 3.05. The number of pyridine rings is 1. The van der Waals surface area contributed by atoms with E-state index in [9.17, 15) is 4.79 Å². The lowest BCUT2D eigenvalue weighted by atomic mass is 10.2. The van der Waals surface area contributed by atoms with Crippen LogP contribution in [0.25, 0.3) is 0 Å². The van der Waals surface area contributed by atoms with Crippen LogP contribution in [0.3, 0.4) is 0 Å². The fraction of sp³-hybridized carbons (Fsp3) is 0.286. The quantitative estimate of drug-likeness (QED) is 0.912. The molecule has 20 heavy (non-hydrogen) atoms. The van der Waals surface area contributed by atoms with Gasteiger partial charge in [0.25, 0.3) is 5.91 Å². The van der Waals surface area contributed by atoms with Gasteiger partial charge in [0, 0.05) is 28.4 Å². The molecule has 0 aliphatic rings. The number of hydrogen-bond acceptors (Lipinski definition) is 4. The molecule has 0 fully saturated rings. The highest BCUT2D eigenvalue weighted by molar-refractivity contribution is 7.11. The van der Waals surface area contributed by atoms with Crippen LogP contribution in [0, 0.1) is 6.92 Å². The second-order valence-electron chi connectivity index (χ2n) is 4.68. The van der Waals surface area contributed by atoms with Crippen LogP contribution in [-0.4, -0.2) is 16.9 Å². The van der Waals surface area contributed by atoms with E-state index in [1.54, 1.807) is 11.3 Å². The Morgan fingerprint density at radius 1 is 1.55 bits per heavy atom. The van der Waals surface area contributed by atoms with Gasteiger partial charge in [-0.1, -0.05) is 11.6 Å². The Bertz CT molecular complexity index is 627. The van der Waals surface area contributed by atoms with Crippen molar-refractivity contribution in [2.24, 2.45) is 0 Å². The van der Waals surface area contributed by atoms with Crippen molar-refractivity contribution in [2.45, 2.75) is 26.3 Å². The molecule has 106 valence electrons. The third-order valence-electron chi connectivity index (χ3n) is 2.80. The maximum atomic E-state index is 12.1. The number of nitrogen functional groups attached to an aromatic ring is 1. The van der Waals surface area contributed by atoms with Gasteiger partial charge >= 0.3 is 0 Å². The number of nitrogens with one attached hydrogen (secondary N) is 1. The van der Waals surface area contributed by atoms with Gasteiger partial charge in [-0.15, -0.1) is 11.3 Å². The summed E-state index contributed by atoms with van der Waals surface area (Å²) in [6, 6.07) is 5.67. The second kappa shape index (κ2) is 6.24. The molecule has 0 aliphatic carbocycles. The van der Waals surface area contributed by atoms with Crippen molar-refractivity contribution in [3.05, 3.63) is 44.7 Å². The predicted molar refractivity (Wildman–Crippen MR) is 83.3 cm³/mol. The van der Waals surface area contributed by atoms with Gasteiger partial charge in [0.15, 0.2) is 0 Å². The van der Waals surface area contributed by atoms with Crippen LogP contribution in [0.1, 0.15) is 27.0 Å². The average Bonchev–Trinajstić information content (AvgIpc) is 2.77. The standard InChI is InChI=1S/C14H16ClN3OS/c1-8(5-10-4-3-9(2)20-10)18-14(19)11-6-13(16)17-7-12(11)15/h3-4,6-8H,5H2,1-2H3,(H2,16,17)(H,18,19). The molecule has 2 aromatic rings. The van der Waals surface area contributed by atoms with Crippen LogP contribution in [0.15, 0.2) is 24.4 Å². The number of rotatable bonds is 4. The summed E-state index contributed by atoms with van der Waals surface area (Å²) >= 11 is 7.70. The summed E-state index contributed by atoms with van der Waals surface area (Å²) in [4.78, 5) is 18.5. The number of nitrogens with zero attached hydrogens (tertiary/aromatic N) is 1. The van der Waals surface area contributed by atoms with E-state index >= 15 is 0 Å². The number of anilines is 1. The molecule has 1 unspecified atom stereocenters. The van der Waals surface area contributed by atoms with Crippen molar-refractivity contribution in [3.63, 3.8) is 0 Å². The number of carbonyl (C=O) groups is 1. The molecule has 0 saturated heterocycles. The minimum Gasteiger partial charge on any atom is -0.384 e. The van der Waals surface area contributed by atoms with Gasteiger partial charge in [0.1, 0.15) is 5.82 Å². The highest BCUT2D eigenvalue weighted by Crippen LogP contribution is 2.18. The maximum Gasteiger partial charge on any atom is 0.253 e. The summed E-state index contributed by atoms with van der Waals surface area (Å²) in [6.45, 7) is 4.03. The molecule has 0 spiro atoms. The molecular formula is C14H16ClN3OS. The molecule has 3 N–H and O–H groups in total. The first-order valence-corrected chi connectivity index (χ1v) is 7.42. The molecule has 0 radical (unpaired) electrons. The number of thiophene rings is 1. The van der Waals surface area contributed by atoms with E-state index in [2.05, 4.69) is 29.4 Å². The first kappa shape index (κ1) is 14.8. The minimum absolute atomic E-state index is 0.0195. The molecule has 0 saturated carbocycles. The monoisotopic (exact) mass is 309 g/mol.